The monoisotopic (exact) mass is 250 g/mol. The highest BCUT2D eigenvalue weighted by atomic mass is 35.5. The minimum Gasteiger partial charge on any atom is -0.370 e. The van der Waals surface area contributed by atoms with Crippen LogP contribution in [-0.4, -0.2) is 26.2 Å². The summed E-state index contributed by atoms with van der Waals surface area (Å²) in [7, 11) is 0. The van der Waals surface area contributed by atoms with E-state index in [1.807, 2.05) is 12.1 Å². The van der Waals surface area contributed by atoms with Gasteiger partial charge in [-0.25, -0.2) is 0 Å². The first-order chi connectivity index (χ1) is 8.29. The van der Waals surface area contributed by atoms with Crippen molar-refractivity contribution in [1.82, 2.24) is 5.32 Å². The quantitative estimate of drug-likeness (QED) is 0.825. The van der Waals surface area contributed by atoms with Crippen molar-refractivity contribution >= 4 is 17.3 Å². The molecule has 3 rings (SSSR count). The van der Waals surface area contributed by atoms with Crippen molar-refractivity contribution in [2.75, 3.05) is 31.1 Å². The number of nitrogens with one attached hydrogen (secondary N) is 1. The maximum Gasteiger partial charge on any atom is 0.0639 e. The first-order valence-electron chi connectivity index (χ1n) is 6.49. The molecular weight excluding hydrogens is 232 g/mol. The number of hydrogen-bond donors (Lipinski definition) is 1. The van der Waals surface area contributed by atoms with Crippen LogP contribution in [0.25, 0.3) is 0 Å². The number of benzene rings is 1. The van der Waals surface area contributed by atoms with Crippen LogP contribution in [0.5, 0.6) is 0 Å². The Morgan fingerprint density at radius 3 is 2.65 bits per heavy atom. The molecule has 0 aromatic heterocycles. The van der Waals surface area contributed by atoms with E-state index in [4.69, 9.17) is 11.6 Å². The number of rotatable bonds is 1. The Balaban J connectivity index is 1.77. The van der Waals surface area contributed by atoms with Gasteiger partial charge in [0, 0.05) is 13.1 Å². The molecule has 2 nitrogen and oxygen atoms in total. The first kappa shape index (κ1) is 11.4. The molecular formula is C14H19ClN2. The third kappa shape index (κ3) is 2.16. The smallest absolute Gasteiger partial charge is 0.0639 e. The Labute approximate surface area is 108 Å². The summed E-state index contributed by atoms with van der Waals surface area (Å²) >= 11 is 6.28. The van der Waals surface area contributed by atoms with Crippen LogP contribution in [0.15, 0.2) is 24.3 Å². The average Bonchev–Trinajstić information content (AvgIpc) is 2.74. The fourth-order valence-corrected chi connectivity index (χ4v) is 3.47. The predicted octanol–water partition coefficient (Wildman–Crippen LogP) is 2.92. The van der Waals surface area contributed by atoms with E-state index in [2.05, 4.69) is 22.3 Å². The Bertz CT molecular complexity index is 399. The second-order valence-electron chi connectivity index (χ2n) is 5.37. The number of nitrogens with zero attached hydrogens (tertiary/aromatic N) is 1. The second kappa shape index (κ2) is 4.51. The molecule has 1 N–H and O–H groups in total. The van der Waals surface area contributed by atoms with Crippen LogP contribution in [0.2, 0.25) is 5.02 Å². The summed E-state index contributed by atoms with van der Waals surface area (Å²) in [6, 6.07) is 8.21. The molecule has 1 spiro atoms. The summed E-state index contributed by atoms with van der Waals surface area (Å²) in [4.78, 5) is 2.47. The van der Waals surface area contributed by atoms with Crippen molar-refractivity contribution in [2.24, 2.45) is 5.41 Å². The fraction of sp³-hybridized carbons (Fsp3) is 0.571. The van der Waals surface area contributed by atoms with Crippen LogP contribution in [0.1, 0.15) is 19.3 Å². The van der Waals surface area contributed by atoms with Crippen molar-refractivity contribution in [1.29, 1.82) is 0 Å². The van der Waals surface area contributed by atoms with Crippen molar-refractivity contribution in [3.8, 4) is 0 Å². The van der Waals surface area contributed by atoms with Crippen LogP contribution in [0.3, 0.4) is 0 Å². The molecule has 92 valence electrons. The largest absolute Gasteiger partial charge is 0.370 e. The van der Waals surface area contributed by atoms with E-state index in [1.54, 1.807) is 0 Å². The van der Waals surface area contributed by atoms with Gasteiger partial charge in [0.15, 0.2) is 0 Å². The fourth-order valence-electron chi connectivity index (χ4n) is 3.21. The van der Waals surface area contributed by atoms with E-state index >= 15 is 0 Å². The molecule has 0 saturated carbocycles. The standard InChI is InChI=1S/C14H19ClN2/c15-12-3-1-2-4-13(12)17-10-7-14(11-17)5-8-16-9-6-14/h1-4,16H,5-11H2. The third-order valence-corrected chi connectivity index (χ3v) is 4.62. The Morgan fingerprint density at radius 1 is 1.12 bits per heavy atom. The third-order valence-electron chi connectivity index (χ3n) is 4.30. The van der Waals surface area contributed by atoms with Crippen LogP contribution in [-0.2, 0) is 0 Å². The predicted molar refractivity (Wildman–Crippen MR) is 72.8 cm³/mol. The van der Waals surface area contributed by atoms with Gasteiger partial charge in [0.25, 0.3) is 0 Å². The summed E-state index contributed by atoms with van der Waals surface area (Å²) in [6.07, 6.45) is 3.95. The van der Waals surface area contributed by atoms with Gasteiger partial charge < -0.3 is 10.2 Å². The number of anilines is 1. The molecule has 1 aromatic rings. The highest BCUT2D eigenvalue weighted by Gasteiger charge is 2.39. The second-order valence-corrected chi connectivity index (χ2v) is 5.78. The molecule has 0 radical (unpaired) electrons. The summed E-state index contributed by atoms with van der Waals surface area (Å²) in [6.45, 7) is 4.69. The van der Waals surface area contributed by atoms with Gasteiger partial charge in [-0.1, -0.05) is 23.7 Å². The molecule has 2 aliphatic rings. The van der Waals surface area contributed by atoms with E-state index < -0.39 is 0 Å². The lowest BCUT2D eigenvalue weighted by atomic mass is 9.78. The molecule has 3 heteroatoms. The van der Waals surface area contributed by atoms with Crippen molar-refractivity contribution < 1.29 is 0 Å². The zero-order chi connectivity index (χ0) is 11.7. The zero-order valence-corrected chi connectivity index (χ0v) is 10.8. The number of piperidine rings is 1. The van der Waals surface area contributed by atoms with Gasteiger partial charge in [-0.3, -0.25) is 0 Å². The van der Waals surface area contributed by atoms with Gasteiger partial charge in [0.2, 0.25) is 0 Å². The lowest BCUT2D eigenvalue weighted by molar-refractivity contribution is 0.232. The van der Waals surface area contributed by atoms with Crippen LogP contribution in [0, 0.1) is 5.41 Å². The highest BCUT2D eigenvalue weighted by molar-refractivity contribution is 6.33. The van der Waals surface area contributed by atoms with Crippen molar-refractivity contribution in [2.45, 2.75) is 19.3 Å². The van der Waals surface area contributed by atoms with E-state index in [9.17, 15) is 0 Å². The number of halogens is 1. The van der Waals surface area contributed by atoms with Crippen molar-refractivity contribution in [3.63, 3.8) is 0 Å². The average molecular weight is 251 g/mol. The van der Waals surface area contributed by atoms with Gasteiger partial charge in [-0.15, -0.1) is 0 Å². The van der Waals surface area contributed by atoms with E-state index in [0.29, 0.717) is 5.41 Å². The molecule has 2 saturated heterocycles. The minimum atomic E-state index is 0.546. The molecule has 0 aliphatic carbocycles. The first-order valence-corrected chi connectivity index (χ1v) is 6.87. The van der Waals surface area contributed by atoms with Gasteiger partial charge in [-0.2, -0.15) is 0 Å². The lowest BCUT2D eigenvalue weighted by Gasteiger charge is -2.34. The summed E-state index contributed by atoms with van der Waals surface area (Å²) in [5.74, 6) is 0. The Hall–Kier alpha value is -0.730. The maximum atomic E-state index is 6.28. The van der Waals surface area contributed by atoms with Crippen LogP contribution in [0.4, 0.5) is 5.69 Å². The van der Waals surface area contributed by atoms with E-state index in [-0.39, 0.29) is 0 Å². The Kier molecular flexibility index (Phi) is 3.01. The minimum absolute atomic E-state index is 0.546. The molecule has 0 bridgehead atoms. The number of hydrogen-bond acceptors (Lipinski definition) is 2. The van der Waals surface area contributed by atoms with Gasteiger partial charge >= 0.3 is 0 Å². The molecule has 0 unspecified atom stereocenters. The lowest BCUT2D eigenvalue weighted by Crippen LogP contribution is -2.38. The number of para-hydroxylation sites is 1. The van der Waals surface area contributed by atoms with Crippen LogP contribution >= 0.6 is 11.6 Å². The molecule has 17 heavy (non-hydrogen) atoms. The summed E-state index contributed by atoms with van der Waals surface area (Å²) in [5, 5.41) is 4.34. The normalized spacial score (nSPS) is 23.2. The molecule has 2 fully saturated rings. The molecule has 2 aliphatic heterocycles. The molecule has 0 amide bonds. The molecule has 1 aromatic carbocycles. The summed E-state index contributed by atoms with van der Waals surface area (Å²) in [5.41, 5.74) is 1.76. The van der Waals surface area contributed by atoms with E-state index in [0.717, 1.165) is 11.6 Å². The highest BCUT2D eigenvalue weighted by Crippen LogP contribution is 2.41. The maximum absolute atomic E-state index is 6.28. The van der Waals surface area contributed by atoms with E-state index in [1.165, 1.54) is 44.6 Å². The van der Waals surface area contributed by atoms with Crippen molar-refractivity contribution in [3.05, 3.63) is 29.3 Å². The topological polar surface area (TPSA) is 15.3 Å². The SMILES string of the molecule is Clc1ccccc1N1CCC2(CCNCC2)C1. The van der Waals surface area contributed by atoms with Crippen LogP contribution < -0.4 is 10.2 Å². The van der Waals surface area contributed by atoms with Gasteiger partial charge in [0.05, 0.1) is 10.7 Å². The Morgan fingerprint density at radius 2 is 1.88 bits per heavy atom. The molecule has 0 atom stereocenters. The summed E-state index contributed by atoms with van der Waals surface area (Å²) < 4.78 is 0. The van der Waals surface area contributed by atoms with Gasteiger partial charge in [0.1, 0.15) is 0 Å². The van der Waals surface area contributed by atoms with Gasteiger partial charge in [-0.05, 0) is 49.9 Å². The molecule has 2 heterocycles. The zero-order valence-electron chi connectivity index (χ0n) is 10.1.